The van der Waals surface area contributed by atoms with E-state index in [1.807, 2.05) is 24.3 Å². The van der Waals surface area contributed by atoms with Crippen molar-refractivity contribution in [2.75, 3.05) is 7.11 Å². The molecule has 1 aliphatic rings. The van der Waals surface area contributed by atoms with Gasteiger partial charge >= 0.3 is 0 Å². The van der Waals surface area contributed by atoms with Crippen LogP contribution in [0.3, 0.4) is 0 Å². The number of amidine groups is 1. The molecule has 0 saturated carbocycles. The largest absolute Gasteiger partial charge is 0.496 e. The van der Waals surface area contributed by atoms with Crippen molar-refractivity contribution in [3.63, 3.8) is 0 Å². The van der Waals surface area contributed by atoms with Crippen molar-refractivity contribution in [3.8, 4) is 5.75 Å². The number of hydrogen-bond donors (Lipinski definition) is 1. The first-order valence-corrected chi connectivity index (χ1v) is 9.36. The fourth-order valence-electron chi connectivity index (χ4n) is 2.40. The molecule has 0 radical (unpaired) electrons. The number of ether oxygens (including phenoxy) is 1. The summed E-state index contributed by atoms with van der Waals surface area (Å²) in [7, 11) is 1.59. The molecule has 134 valence electrons. The fourth-order valence-corrected chi connectivity index (χ4v) is 3.74. The fraction of sp³-hybridized carbons (Fsp3) is 0.167. The molecule has 1 amide bonds. The number of carbonyl (C=O) groups excluding carboxylic acids is 1. The van der Waals surface area contributed by atoms with E-state index >= 15 is 0 Å². The van der Waals surface area contributed by atoms with Gasteiger partial charge in [0.15, 0.2) is 5.17 Å². The molecule has 1 saturated heterocycles. The van der Waals surface area contributed by atoms with Gasteiger partial charge in [0.05, 0.1) is 18.6 Å². The Morgan fingerprint density at radius 2 is 2.08 bits per heavy atom. The summed E-state index contributed by atoms with van der Waals surface area (Å²) in [5.74, 6) is 0.574. The Bertz CT molecular complexity index is 886. The zero-order chi connectivity index (χ0) is 18.5. The minimum atomic E-state index is -0.328. The first-order valence-electron chi connectivity index (χ1n) is 7.72. The summed E-state index contributed by atoms with van der Waals surface area (Å²) in [5, 5.41) is 12.1. The molecule has 0 aliphatic carbocycles. The maximum absolute atomic E-state index is 12.2. The van der Waals surface area contributed by atoms with Crippen molar-refractivity contribution in [1.82, 2.24) is 5.32 Å². The second-order valence-corrected chi connectivity index (χ2v) is 7.46. The van der Waals surface area contributed by atoms with Gasteiger partial charge in [-0.25, -0.2) is 0 Å². The number of nitrogens with one attached hydrogen (secondary N) is 1. The number of nitrogens with zero attached hydrogens (tertiary/aromatic N) is 2. The summed E-state index contributed by atoms with van der Waals surface area (Å²) >= 11 is 13.5. The zero-order valence-corrected chi connectivity index (χ0v) is 16.1. The lowest BCUT2D eigenvalue weighted by molar-refractivity contribution is -0.118. The Labute approximate surface area is 165 Å². The SMILES string of the molecule is COc1ccccc1/C=N\N=C1/NC(=O)[C@@H](Cc2cc(Cl)ccc2Cl)S1. The number of carbonyl (C=O) groups is 1. The van der Waals surface area contributed by atoms with Crippen molar-refractivity contribution in [2.24, 2.45) is 10.2 Å². The normalized spacial score (nSPS) is 18.5. The van der Waals surface area contributed by atoms with E-state index in [1.54, 1.807) is 31.5 Å². The van der Waals surface area contributed by atoms with Gasteiger partial charge in [-0.05, 0) is 42.3 Å². The third-order valence-corrected chi connectivity index (χ3v) is 5.35. The molecule has 5 nitrogen and oxygen atoms in total. The number of rotatable bonds is 5. The molecule has 1 aliphatic heterocycles. The Balaban J connectivity index is 1.68. The van der Waals surface area contributed by atoms with Gasteiger partial charge in [-0.3, -0.25) is 4.79 Å². The molecule has 3 rings (SSSR count). The number of methoxy groups -OCH3 is 1. The Morgan fingerprint density at radius 3 is 2.88 bits per heavy atom. The standard InChI is InChI=1S/C18H15Cl2N3O2S/c1-25-15-5-3-2-4-11(15)10-21-23-18-22-17(24)16(26-18)9-12-8-13(19)6-7-14(12)20/h2-8,10,16H,9H2,1H3,(H,22,23,24)/b21-10-/t16-/m1/s1. The first-order chi connectivity index (χ1) is 12.6. The molecule has 1 N–H and O–H groups in total. The van der Waals surface area contributed by atoms with E-state index in [0.29, 0.717) is 27.4 Å². The van der Waals surface area contributed by atoms with E-state index in [9.17, 15) is 4.79 Å². The van der Waals surface area contributed by atoms with Gasteiger partial charge in [0.2, 0.25) is 5.91 Å². The van der Waals surface area contributed by atoms with Crippen LogP contribution in [0.4, 0.5) is 0 Å². The minimum Gasteiger partial charge on any atom is -0.496 e. The summed E-state index contributed by atoms with van der Waals surface area (Å²) in [5.41, 5.74) is 1.63. The topological polar surface area (TPSA) is 63.1 Å². The molecule has 0 spiro atoms. The van der Waals surface area contributed by atoms with Gasteiger partial charge in [-0.1, -0.05) is 47.1 Å². The number of amides is 1. The lowest BCUT2D eigenvalue weighted by Crippen LogP contribution is -2.26. The van der Waals surface area contributed by atoms with E-state index in [0.717, 1.165) is 11.1 Å². The number of halogens is 2. The highest BCUT2D eigenvalue weighted by molar-refractivity contribution is 8.15. The summed E-state index contributed by atoms with van der Waals surface area (Å²) in [6.45, 7) is 0. The van der Waals surface area contributed by atoms with Gasteiger partial charge in [0.25, 0.3) is 0 Å². The van der Waals surface area contributed by atoms with Crippen LogP contribution in [0.25, 0.3) is 0 Å². The van der Waals surface area contributed by atoms with Crippen molar-refractivity contribution in [2.45, 2.75) is 11.7 Å². The predicted molar refractivity (Wildman–Crippen MR) is 108 cm³/mol. The summed E-state index contributed by atoms with van der Waals surface area (Å²) in [4.78, 5) is 12.2. The number of benzene rings is 2. The average molecular weight is 408 g/mol. The summed E-state index contributed by atoms with van der Waals surface area (Å²) < 4.78 is 5.25. The highest BCUT2D eigenvalue weighted by atomic mass is 35.5. The summed E-state index contributed by atoms with van der Waals surface area (Å²) in [6.07, 6.45) is 2.05. The van der Waals surface area contributed by atoms with Gasteiger partial charge in [0.1, 0.15) is 5.75 Å². The molecule has 8 heteroatoms. The highest BCUT2D eigenvalue weighted by Gasteiger charge is 2.31. The van der Waals surface area contributed by atoms with Crippen LogP contribution >= 0.6 is 35.0 Å². The van der Waals surface area contributed by atoms with Gasteiger partial charge in [0, 0.05) is 15.6 Å². The van der Waals surface area contributed by atoms with E-state index < -0.39 is 0 Å². The van der Waals surface area contributed by atoms with Crippen LogP contribution < -0.4 is 10.1 Å². The monoisotopic (exact) mass is 407 g/mol. The maximum Gasteiger partial charge on any atom is 0.239 e. The third kappa shape index (κ3) is 4.58. The molecule has 2 aromatic carbocycles. The molecule has 0 aromatic heterocycles. The predicted octanol–water partition coefficient (Wildman–Crippen LogP) is 4.17. The van der Waals surface area contributed by atoms with Crippen LogP contribution in [0.1, 0.15) is 11.1 Å². The van der Waals surface area contributed by atoms with Gasteiger partial charge in [-0.15, -0.1) is 5.10 Å². The minimum absolute atomic E-state index is 0.128. The van der Waals surface area contributed by atoms with Crippen LogP contribution in [-0.2, 0) is 11.2 Å². The van der Waals surface area contributed by atoms with E-state index in [2.05, 4.69) is 15.5 Å². The van der Waals surface area contributed by atoms with E-state index in [1.165, 1.54) is 11.8 Å². The Morgan fingerprint density at radius 1 is 1.27 bits per heavy atom. The quantitative estimate of drug-likeness (QED) is 0.597. The lowest BCUT2D eigenvalue weighted by Gasteiger charge is -2.07. The number of para-hydroxylation sites is 1. The zero-order valence-electron chi connectivity index (χ0n) is 13.8. The molecule has 1 fully saturated rings. The average Bonchev–Trinajstić information content (AvgIpc) is 2.98. The Kier molecular flexibility index (Phi) is 6.19. The van der Waals surface area contributed by atoms with Crippen LogP contribution in [0.5, 0.6) is 5.75 Å². The maximum atomic E-state index is 12.2. The lowest BCUT2D eigenvalue weighted by atomic mass is 10.1. The molecule has 0 unspecified atom stereocenters. The van der Waals surface area contributed by atoms with Crippen LogP contribution in [0.15, 0.2) is 52.7 Å². The number of thioether (sulfide) groups is 1. The van der Waals surface area contributed by atoms with Gasteiger partial charge < -0.3 is 10.1 Å². The second kappa shape index (κ2) is 8.58. The van der Waals surface area contributed by atoms with Crippen molar-refractivity contribution in [1.29, 1.82) is 0 Å². The van der Waals surface area contributed by atoms with E-state index in [4.69, 9.17) is 27.9 Å². The van der Waals surface area contributed by atoms with Crippen LogP contribution in [0, 0.1) is 0 Å². The molecular weight excluding hydrogens is 393 g/mol. The summed E-state index contributed by atoms with van der Waals surface area (Å²) in [6, 6.07) is 12.7. The third-order valence-electron chi connectivity index (χ3n) is 3.67. The molecular formula is C18H15Cl2N3O2S. The molecule has 26 heavy (non-hydrogen) atoms. The molecule has 0 bridgehead atoms. The van der Waals surface area contributed by atoms with Crippen LogP contribution in [0.2, 0.25) is 10.0 Å². The molecule has 2 aromatic rings. The smallest absolute Gasteiger partial charge is 0.239 e. The van der Waals surface area contributed by atoms with Crippen molar-refractivity contribution in [3.05, 3.63) is 63.6 Å². The van der Waals surface area contributed by atoms with E-state index in [-0.39, 0.29) is 11.2 Å². The highest BCUT2D eigenvalue weighted by Crippen LogP contribution is 2.28. The molecule has 1 heterocycles. The first kappa shape index (κ1) is 18.8. The van der Waals surface area contributed by atoms with Crippen molar-refractivity contribution < 1.29 is 9.53 Å². The second-order valence-electron chi connectivity index (χ2n) is 5.43. The van der Waals surface area contributed by atoms with Crippen molar-refractivity contribution >= 4 is 52.3 Å². The van der Waals surface area contributed by atoms with Gasteiger partial charge in [-0.2, -0.15) is 5.10 Å². The Hall–Kier alpha value is -2.02. The molecule has 1 atom stereocenters. The number of hydrogen-bond acceptors (Lipinski definition) is 5. The van der Waals surface area contributed by atoms with Crippen LogP contribution in [-0.4, -0.2) is 29.6 Å².